The molecule has 24 heavy (non-hydrogen) atoms. The lowest BCUT2D eigenvalue weighted by Crippen LogP contribution is -2.42. The highest BCUT2D eigenvalue weighted by atomic mass is 35.5. The number of rotatable bonds is 2. The van der Waals surface area contributed by atoms with Crippen molar-refractivity contribution >= 4 is 40.7 Å². The molecule has 0 radical (unpaired) electrons. The maximum Gasteiger partial charge on any atom is 0.276 e. The van der Waals surface area contributed by atoms with Crippen LogP contribution in [0.1, 0.15) is 27.8 Å². The van der Waals surface area contributed by atoms with E-state index in [0.29, 0.717) is 34.8 Å². The van der Waals surface area contributed by atoms with Crippen molar-refractivity contribution in [2.75, 3.05) is 19.7 Å². The third-order valence-electron chi connectivity index (χ3n) is 4.13. The predicted molar refractivity (Wildman–Crippen MR) is 94.0 cm³/mol. The summed E-state index contributed by atoms with van der Waals surface area (Å²) < 4.78 is 7.38. The molecule has 0 N–H and O–H groups in total. The van der Waals surface area contributed by atoms with Crippen LogP contribution in [0.4, 0.5) is 0 Å². The van der Waals surface area contributed by atoms with E-state index in [1.807, 2.05) is 13.0 Å². The number of amides is 1. The molecule has 0 saturated carbocycles. The molecule has 0 bridgehead atoms. The molecule has 1 aliphatic heterocycles. The summed E-state index contributed by atoms with van der Waals surface area (Å²) in [5.74, 6) is -0.197. The molecule has 1 aromatic carbocycles. The minimum atomic E-state index is -0.263. The van der Waals surface area contributed by atoms with Gasteiger partial charge in [-0.05, 0) is 24.6 Å². The van der Waals surface area contributed by atoms with E-state index in [1.54, 1.807) is 28.8 Å². The van der Waals surface area contributed by atoms with E-state index in [2.05, 4.69) is 5.10 Å². The molecule has 5 nitrogen and oxygen atoms in total. The normalized spacial score (nSPS) is 18.0. The van der Waals surface area contributed by atoms with Crippen LogP contribution in [-0.4, -0.2) is 40.3 Å². The summed E-state index contributed by atoms with van der Waals surface area (Å²) in [6, 6.07) is 5.34. The van der Waals surface area contributed by atoms with Gasteiger partial charge in [0.15, 0.2) is 5.69 Å². The number of hydrogen-bond donors (Lipinski definition) is 0. The Balaban J connectivity index is 1.81. The molecule has 2 aromatic rings. The van der Waals surface area contributed by atoms with Gasteiger partial charge in [-0.1, -0.05) is 40.9 Å². The monoisotopic (exact) mass is 387 g/mol. The number of carbonyl (C=O) groups is 1. The zero-order chi connectivity index (χ0) is 17.4. The number of nitrogens with zero attached hydrogens (tertiary/aromatic N) is 3. The van der Waals surface area contributed by atoms with Gasteiger partial charge >= 0.3 is 0 Å². The third-order valence-corrected chi connectivity index (χ3v) is 5.32. The number of aromatic nitrogens is 2. The second-order valence-corrected chi connectivity index (χ2v) is 6.85. The van der Waals surface area contributed by atoms with Gasteiger partial charge in [-0.15, -0.1) is 0 Å². The van der Waals surface area contributed by atoms with Gasteiger partial charge < -0.3 is 9.64 Å². The van der Waals surface area contributed by atoms with E-state index >= 15 is 0 Å². The quantitative estimate of drug-likeness (QED) is 0.784. The number of halogens is 3. The molecular weight excluding hydrogens is 373 g/mol. The van der Waals surface area contributed by atoms with E-state index in [4.69, 9.17) is 39.5 Å². The van der Waals surface area contributed by atoms with Gasteiger partial charge in [0.25, 0.3) is 5.91 Å². The average Bonchev–Trinajstić information content (AvgIpc) is 2.84. The van der Waals surface area contributed by atoms with Crippen LogP contribution in [0, 0.1) is 6.92 Å². The summed E-state index contributed by atoms with van der Waals surface area (Å²) in [6.07, 6.45) is -0.263. The topological polar surface area (TPSA) is 47.4 Å². The second kappa shape index (κ2) is 6.92. The number of hydrogen-bond acceptors (Lipinski definition) is 3. The predicted octanol–water partition coefficient (Wildman–Crippen LogP) is 3.90. The number of benzene rings is 1. The van der Waals surface area contributed by atoms with Crippen LogP contribution in [0.5, 0.6) is 0 Å². The van der Waals surface area contributed by atoms with E-state index in [9.17, 15) is 4.79 Å². The Kier molecular flexibility index (Phi) is 5.06. The first kappa shape index (κ1) is 17.5. The standard InChI is InChI=1S/C16H16Cl3N3O2/c1-9-14(19)15(20-21(9)2)16(23)22-5-6-24-13(8-22)10-3-4-11(17)12(18)7-10/h3-4,7,13H,5-6,8H2,1-2H3. The molecule has 1 saturated heterocycles. The van der Waals surface area contributed by atoms with Crippen LogP contribution in [0.25, 0.3) is 0 Å². The molecule has 0 aliphatic carbocycles. The molecule has 2 heterocycles. The SMILES string of the molecule is Cc1c(Cl)c(C(=O)N2CCOC(c3ccc(Cl)c(Cl)c3)C2)nn1C. The van der Waals surface area contributed by atoms with Gasteiger partial charge in [0, 0.05) is 13.6 Å². The summed E-state index contributed by atoms with van der Waals surface area (Å²) in [4.78, 5) is 14.4. The van der Waals surface area contributed by atoms with Crippen LogP contribution >= 0.6 is 34.8 Å². The highest BCUT2D eigenvalue weighted by Crippen LogP contribution is 2.30. The van der Waals surface area contributed by atoms with Crippen LogP contribution in [-0.2, 0) is 11.8 Å². The fraction of sp³-hybridized carbons (Fsp3) is 0.375. The summed E-state index contributed by atoms with van der Waals surface area (Å²) in [5, 5.41) is 5.56. The summed E-state index contributed by atoms with van der Waals surface area (Å²) in [7, 11) is 1.76. The molecule has 8 heteroatoms. The lowest BCUT2D eigenvalue weighted by Gasteiger charge is -2.33. The second-order valence-electron chi connectivity index (χ2n) is 5.66. The Hall–Kier alpha value is -1.27. The summed E-state index contributed by atoms with van der Waals surface area (Å²) in [5.41, 5.74) is 1.91. The third kappa shape index (κ3) is 3.26. The van der Waals surface area contributed by atoms with Crippen LogP contribution in [0.3, 0.4) is 0 Å². The van der Waals surface area contributed by atoms with E-state index < -0.39 is 0 Å². The molecule has 1 aliphatic rings. The molecule has 3 rings (SSSR count). The van der Waals surface area contributed by atoms with Crippen LogP contribution in [0.2, 0.25) is 15.1 Å². The molecule has 128 valence electrons. The maximum atomic E-state index is 12.7. The van der Waals surface area contributed by atoms with Crippen LogP contribution < -0.4 is 0 Å². The number of carbonyl (C=O) groups excluding carboxylic acids is 1. The number of ether oxygens (including phenoxy) is 1. The zero-order valence-corrected chi connectivity index (χ0v) is 15.5. The highest BCUT2D eigenvalue weighted by Gasteiger charge is 2.29. The molecule has 1 aromatic heterocycles. The number of morpholine rings is 1. The van der Waals surface area contributed by atoms with Gasteiger partial charge in [-0.3, -0.25) is 9.48 Å². The summed E-state index contributed by atoms with van der Waals surface area (Å²) >= 11 is 18.2. The van der Waals surface area contributed by atoms with Crippen LogP contribution in [0.15, 0.2) is 18.2 Å². The lowest BCUT2D eigenvalue weighted by molar-refractivity contribution is -0.0230. The Morgan fingerprint density at radius 3 is 2.67 bits per heavy atom. The van der Waals surface area contributed by atoms with Crippen molar-refractivity contribution in [3.05, 3.63) is 50.2 Å². The van der Waals surface area contributed by atoms with Crippen molar-refractivity contribution < 1.29 is 9.53 Å². The molecule has 1 unspecified atom stereocenters. The van der Waals surface area contributed by atoms with Crippen molar-refractivity contribution in [3.8, 4) is 0 Å². The largest absolute Gasteiger partial charge is 0.370 e. The average molecular weight is 389 g/mol. The Morgan fingerprint density at radius 2 is 2.04 bits per heavy atom. The molecular formula is C16H16Cl3N3O2. The van der Waals surface area contributed by atoms with Gasteiger partial charge in [0.2, 0.25) is 0 Å². The molecule has 0 spiro atoms. The van der Waals surface area contributed by atoms with Crippen molar-refractivity contribution in [2.24, 2.45) is 7.05 Å². The maximum absolute atomic E-state index is 12.7. The van der Waals surface area contributed by atoms with Gasteiger partial charge in [0.1, 0.15) is 6.10 Å². The molecule has 1 amide bonds. The minimum Gasteiger partial charge on any atom is -0.370 e. The zero-order valence-electron chi connectivity index (χ0n) is 13.2. The summed E-state index contributed by atoms with van der Waals surface area (Å²) in [6.45, 7) is 3.15. The Morgan fingerprint density at radius 1 is 1.29 bits per heavy atom. The van der Waals surface area contributed by atoms with E-state index in [-0.39, 0.29) is 17.7 Å². The highest BCUT2D eigenvalue weighted by molar-refractivity contribution is 6.42. The first-order valence-electron chi connectivity index (χ1n) is 7.43. The Bertz CT molecular complexity index is 791. The lowest BCUT2D eigenvalue weighted by atomic mass is 10.1. The van der Waals surface area contributed by atoms with Crippen molar-refractivity contribution in [2.45, 2.75) is 13.0 Å². The fourth-order valence-electron chi connectivity index (χ4n) is 2.62. The van der Waals surface area contributed by atoms with Crippen molar-refractivity contribution in [1.82, 2.24) is 14.7 Å². The van der Waals surface area contributed by atoms with E-state index in [1.165, 1.54) is 0 Å². The first-order valence-corrected chi connectivity index (χ1v) is 8.56. The smallest absolute Gasteiger partial charge is 0.276 e. The van der Waals surface area contributed by atoms with Gasteiger partial charge in [0.05, 0.1) is 33.9 Å². The van der Waals surface area contributed by atoms with Gasteiger partial charge in [-0.25, -0.2) is 0 Å². The Labute approximate surface area is 155 Å². The molecule has 1 fully saturated rings. The minimum absolute atomic E-state index is 0.197. The van der Waals surface area contributed by atoms with E-state index in [0.717, 1.165) is 11.3 Å². The van der Waals surface area contributed by atoms with Crippen molar-refractivity contribution in [1.29, 1.82) is 0 Å². The molecule has 1 atom stereocenters. The van der Waals surface area contributed by atoms with Crippen molar-refractivity contribution in [3.63, 3.8) is 0 Å². The fourth-order valence-corrected chi connectivity index (χ4v) is 3.16. The van der Waals surface area contributed by atoms with Gasteiger partial charge in [-0.2, -0.15) is 5.10 Å². The first-order chi connectivity index (χ1) is 11.4. The number of aryl methyl sites for hydroxylation is 1.